The molecule has 16 heteroatoms. The van der Waals surface area contributed by atoms with Crippen LogP contribution in [0.2, 0.25) is 0 Å². The summed E-state index contributed by atoms with van der Waals surface area (Å²) in [6.07, 6.45) is 1.26. The van der Waals surface area contributed by atoms with Crippen molar-refractivity contribution in [2.24, 2.45) is 0 Å². The molecular weight excluding hydrogens is 795 g/mol. The average Bonchev–Trinajstić information content (AvgIpc) is 3.60. The number of hydrogen-bond donors (Lipinski definition) is 4. The molecule has 16 nitrogen and oxygen atoms in total. The van der Waals surface area contributed by atoms with Crippen LogP contribution in [0.5, 0.6) is 5.75 Å². The predicted molar refractivity (Wildman–Crippen MR) is 232 cm³/mol. The summed E-state index contributed by atoms with van der Waals surface area (Å²) in [7, 11) is 7.57. The second kappa shape index (κ2) is 16.8. The molecule has 3 aliphatic rings. The number of esters is 1. The van der Waals surface area contributed by atoms with Crippen molar-refractivity contribution in [3.8, 4) is 17.1 Å². The van der Waals surface area contributed by atoms with Crippen LogP contribution < -0.4 is 26.2 Å². The molecule has 1 fully saturated rings. The molecule has 3 amide bonds. The zero-order valence-corrected chi connectivity index (χ0v) is 37.1. The summed E-state index contributed by atoms with van der Waals surface area (Å²) < 4.78 is 18.7. The van der Waals surface area contributed by atoms with Gasteiger partial charge in [0.2, 0.25) is 5.91 Å². The normalized spacial score (nSPS) is 18.3. The molecule has 330 valence electrons. The van der Waals surface area contributed by atoms with Gasteiger partial charge in [-0.3, -0.25) is 19.3 Å². The van der Waals surface area contributed by atoms with Crippen molar-refractivity contribution >= 4 is 40.5 Å². The van der Waals surface area contributed by atoms with Crippen LogP contribution in [0.1, 0.15) is 92.1 Å². The molecule has 4 aromatic rings. The summed E-state index contributed by atoms with van der Waals surface area (Å²) in [6.45, 7) is 11.6. The molecule has 0 aliphatic carbocycles. The van der Waals surface area contributed by atoms with Gasteiger partial charge >= 0.3 is 12.1 Å². The number of ether oxygens (including phenoxy) is 3. The Labute approximate surface area is 361 Å². The summed E-state index contributed by atoms with van der Waals surface area (Å²) in [6, 6.07) is 12.6. The predicted octanol–water partition coefficient (Wildman–Crippen LogP) is 4.54. The molecule has 1 unspecified atom stereocenters. The van der Waals surface area contributed by atoms with Crippen LogP contribution in [0, 0.1) is 0 Å². The molecule has 3 aliphatic heterocycles. The number of methoxy groups -OCH3 is 1. The van der Waals surface area contributed by atoms with E-state index in [4.69, 9.17) is 19.2 Å². The summed E-state index contributed by atoms with van der Waals surface area (Å²) in [5.41, 5.74) is 3.10. The number of likely N-dealkylation sites (tertiary alicyclic amines) is 1. The van der Waals surface area contributed by atoms with Crippen LogP contribution in [0.4, 0.5) is 10.5 Å². The van der Waals surface area contributed by atoms with Gasteiger partial charge in [0.1, 0.15) is 30.5 Å². The Morgan fingerprint density at radius 2 is 1.76 bits per heavy atom. The lowest BCUT2D eigenvalue weighted by Gasteiger charge is -2.43. The van der Waals surface area contributed by atoms with Gasteiger partial charge in [-0.1, -0.05) is 19.1 Å². The van der Waals surface area contributed by atoms with E-state index in [-0.39, 0.29) is 48.1 Å². The minimum atomic E-state index is -1.95. The van der Waals surface area contributed by atoms with Crippen LogP contribution in [0.15, 0.2) is 47.3 Å². The first-order chi connectivity index (χ1) is 29.3. The van der Waals surface area contributed by atoms with Gasteiger partial charge in [-0.25, -0.2) is 14.6 Å². The number of pyridine rings is 2. The van der Waals surface area contributed by atoms with E-state index in [9.17, 15) is 29.1 Å². The lowest BCUT2D eigenvalue weighted by molar-refractivity contribution is -0.929. The van der Waals surface area contributed by atoms with Crippen LogP contribution in [-0.2, 0) is 50.9 Å². The second-order valence-corrected chi connectivity index (χ2v) is 18.2. The number of fused-ring (bicyclic) bond motifs is 5. The van der Waals surface area contributed by atoms with Gasteiger partial charge in [-0.15, -0.1) is 0 Å². The van der Waals surface area contributed by atoms with E-state index >= 15 is 0 Å². The zero-order chi connectivity index (χ0) is 44.9. The van der Waals surface area contributed by atoms with Crippen LogP contribution in [0.3, 0.4) is 0 Å². The van der Waals surface area contributed by atoms with Crippen molar-refractivity contribution in [2.75, 3.05) is 46.7 Å². The number of hydrogen-bond acceptors (Lipinski definition) is 11. The van der Waals surface area contributed by atoms with Gasteiger partial charge in [0.05, 0.1) is 61.8 Å². The molecule has 0 radical (unpaired) electrons. The van der Waals surface area contributed by atoms with Gasteiger partial charge in [0.25, 0.3) is 11.5 Å². The maximum absolute atomic E-state index is 14.1. The second-order valence-electron chi connectivity index (χ2n) is 18.2. The molecule has 1 saturated heterocycles. The largest absolute Gasteiger partial charge is 0.496 e. The Bertz CT molecular complexity index is 2500. The molecular formula is C46H58N7O9+. The zero-order valence-electron chi connectivity index (χ0n) is 37.1. The number of aromatic nitrogens is 2. The Morgan fingerprint density at radius 1 is 1.06 bits per heavy atom. The number of nitrogens with zero attached hydrogens (tertiary/aromatic N) is 4. The monoisotopic (exact) mass is 852 g/mol. The minimum Gasteiger partial charge on any atom is -0.496 e. The van der Waals surface area contributed by atoms with Gasteiger partial charge in [-0.05, 0) is 70.0 Å². The van der Waals surface area contributed by atoms with Crippen molar-refractivity contribution in [1.29, 1.82) is 0 Å². The van der Waals surface area contributed by atoms with E-state index in [1.165, 1.54) is 7.11 Å². The highest BCUT2D eigenvalue weighted by molar-refractivity contribution is 6.02. The number of benzene rings is 2. The molecule has 0 bridgehead atoms. The van der Waals surface area contributed by atoms with Crippen molar-refractivity contribution in [3.63, 3.8) is 0 Å². The van der Waals surface area contributed by atoms with Crippen LogP contribution in [0.25, 0.3) is 22.3 Å². The molecule has 2 atom stereocenters. The Balaban J connectivity index is 1.10. The molecule has 62 heavy (non-hydrogen) atoms. The van der Waals surface area contributed by atoms with Crippen molar-refractivity contribution in [3.05, 3.63) is 86.2 Å². The van der Waals surface area contributed by atoms with Crippen LogP contribution in [-0.4, -0.2) is 107 Å². The number of carbonyl (C=O) groups excluding carboxylic acids is 4. The molecule has 0 spiro atoms. The first-order valence-electron chi connectivity index (χ1n) is 21.1. The third kappa shape index (κ3) is 8.50. The third-order valence-corrected chi connectivity index (χ3v) is 12.5. The quantitative estimate of drug-likeness (QED) is 0.108. The van der Waals surface area contributed by atoms with Crippen molar-refractivity contribution in [2.45, 2.75) is 103 Å². The summed E-state index contributed by atoms with van der Waals surface area (Å²) in [5, 5.41) is 20.4. The molecule has 5 heterocycles. The van der Waals surface area contributed by atoms with E-state index in [0.29, 0.717) is 46.5 Å². The number of anilines is 1. The van der Waals surface area contributed by atoms with E-state index in [0.717, 1.165) is 59.0 Å². The lowest BCUT2D eigenvalue weighted by Crippen LogP contribution is -2.53. The summed E-state index contributed by atoms with van der Waals surface area (Å²) >= 11 is 0. The van der Waals surface area contributed by atoms with E-state index < -0.39 is 29.3 Å². The van der Waals surface area contributed by atoms with Gasteiger partial charge in [0.15, 0.2) is 5.60 Å². The Morgan fingerprint density at radius 3 is 2.39 bits per heavy atom. The van der Waals surface area contributed by atoms with Crippen LogP contribution >= 0.6 is 0 Å². The highest BCUT2D eigenvalue weighted by Gasteiger charge is 2.46. The average molecular weight is 853 g/mol. The number of quaternary nitrogens is 1. The lowest BCUT2D eigenvalue weighted by atomic mass is 9.86. The Hall–Kier alpha value is -5.84. The van der Waals surface area contributed by atoms with Gasteiger partial charge in [0, 0.05) is 67.3 Å². The van der Waals surface area contributed by atoms with Crippen molar-refractivity contribution in [1.82, 2.24) is 25.1 Å². The van der Waals surface area contributed by atoms with E-state index in [2.05, 4.69) is 34.9 Å². The highest BCUT2D eigenvalue weighted by atomic mass is 16.6. The fourth-order valence-electron chi connectivity index (χ4n) is 8.94. The van der Waals surface area contributed by atoms with Gasteiger partial charge < -0.3 is 44.3 Å². The van der Waals surface area contributed by atoms with E-state index in [1.807, 2.05) is 30.3 Å². The maximum atomic E-state index is 14.1. The number of nitrogens with one attached hydrogen (secondary N) is 3. The standard InChI is InChI=1S/C46H57N7O9/c1-10-46(59)35-21-37-39-33(23-52(37)42(56)34(35)25-61-43(46)57)32(30-20-38(60-9)31(41(55)47-6)19-36(30)50-39)22-51-17-15-29(16-18-51)53(7,8)24-27-11-13-28(14-12-27)49-40(54)26(2)48-44(58)62-45(3,4)5/h11-14,19-21,26,29,59H,10,15-18,22-25H2,1-9H3,(H2-,47,48,49,54,55,58)/p+1/t26?,46-/m0/s1. The fourth-order valence-corrected chi connectivity index (χ4v) is 8.94. The molecule has 4 N–H and O–H groups in total. The number of piperidine rings is 1. The molecule has 0 saturated carbocycles. The minimum absolute atomic E-state index is 0.0368. The third-order valence-electron chi connectivity index (χ3n) is 12.5. The first kappa shape index (κ1) is 44.2. The maximum Gasteiger partial charge on any atom is 0.408 e. The Kier molecular flexibility index (Phi) is 12.0. The summed E-state index contributed by atoms with van der Waals surface area (Å²) in [4.78, 5) is 72.3. The number of cyclic esters (lactones) is 1. The van der Waals surface area contributed by atoms with Crippen molar-refractivity contribution < 1.29 is 43.0 Å². The number of rotatable bonds is 11. The van der Waals surface area contributed by atoms with E-state index in [1.54, 1.807) is 58.4 Å². The molecule has 2 aromatic carbocycles. The number of amides is 3. The summed E-state index contributed by atoms with van der Waals surface area (Å²) in [5.74, 6) is -1.05. The highest BCUT2D eigenvalue weighted by Crippen LogP contribution is 2.42. The topological polar surface area (TPSA) is 190 Å². The smallest absolute Gasteiger partial charge is 0.408 e. The first-order valence-corrected chi connectivity index (χ1v) is 21.1. The van der Waals surface area contributed by atoms with Gasteiger partial charge in [-0.2, -0.15) is 0 Å². The molecule has 7 rings (SSSR count). The molecule has 2 aromatic heterocycles. The fraction of sp³-hybridized carbons (Fsp3) is 0.478. The SMILES string of the molecule is CC[C@@]1(O)C(=O)OCc2c1cc1n(c2=O)Cc2c-1nc1cc(C(=O)NC)c(OC)cc1c2CN1CCC([N+](C)(C)Cc2ccc(NC(=O)C(C)NC(=O)OC(C)(C)C)cc2)CC1. The number of alkyl carbamates (subject to hydrolysis) is 1. The number of carbonyl (C=O) groups is 4. The number of aliphatic hydroxyl groups is 1.